The van der Waals surface area contributed by atoms with E-state index in [4.69, 9.17) is 9.72 Å². The molecule has 0 radical (unpaired) electrons. The first kappa shape index (κ1) is 23.3. The predicted octanol–water partition coefficient (Wildman–Crippen LogP) is 7.42. The van der Waals surface area contributed by atoms with E-state index in [0.717, 1.165) is 45.1 Å². The van der Waals surface area contributed by atoms with Crippen LogP contribution in [-0.4, -0.2) is 9.97 Å². The molecule has 6 heteroatoms. The van der Waals surface area contributed by atoms with Gasteiger partial charge in [0.2, 0.25) is 0 Å². The SMILES string of the molecule is CC1CCc2c(sc3nc(-c4cc(Br)ccc4OCc4ccc(C(C)(C)C)cc4)[nH]c(=O)c23)C1. The summed E-state index contributed by atoms with van der Waals surface area (Å²) in [6.45, 7) is 9.35. The molecule has 0 amide bonds. The van der Waals surface area contributed by atoms with Gasteiger partial charge in [0.05, 0.1) is 10.9 Å². The standard InChI is InChI=1S/C28H29BrN2O2S/c1-16-5-11-20-23(13-16)34-27-24(20)26(32)30-25(31-27)21-14-19(29)10-12-22(21)33-15-17-6-8-18(9-7-17)28(2,3)4/h6-10,12,14,16H,5,11,13,15H2,1-4H3,(H,30,31,32). The Balaban J connectivity index is 1.47. The summed E-state index contributed by atoms with van der Waals surface area (Å²) in [7, 11) is 0. The number of aromatic amines is 1. The number of hydrogen-bond donors (Lipinski definition) is 1. The second-order valence-electron chi connectivity index (χ2n) is 10.3. The first-order chi connectivity index (χ1) is 16.2. The van der Waals surface area contributed by atoms with Crippen molar-refractivity contribution >= 4 is 37.5 Å². The molecule has 34 heavy (non-hydrogen) atoms. The minimum Gasteiger partial charge on any atom is -0.488 e. The molecule has 0 fully saturated rings. The molecule has 4 nitrogen and oxygen atoms in total. The highest BCUT2D eigenvalue weighted by Gasteiger charge is 2.24. The highest BCUT2D eigenvalue weighted by Crippen LogP contribution is 2.37. The number of aromatic nitrogens is 2. The van der Waals surface area contributed by atoms with Gasteiger partial charge in [0.25, 0.3) is 5.56 Å². The number of hydrogen-bond acceptors (Lipinski definition) is 4. The molecular formula is C28H29BrN2O2S. The summed E-state index contributed by atoms with van der Waals surface area (Å²) in [6, 6.07) is 14.4. The lowest BCUT2D eigenvalue weighted by atomic mass is 9.87. The number of fused-ring (bicyclic) bond motifs is 3. The van der Waals surface area contributed by atoms with Crippen molar-refractivity contribution in [2.24, 2.45) is 5.92 Å². The maximum atomic E-state index is 13.1. The van der Waals surface area contributed by atoms with Gasteiger partial charge in [-0.1, -0.05) is 67.9 Å². The van der Waals surface area contributed by atoms with Gasteiger partial charge in [-0.25, -0.2) is 4.98 Å². The van der Waals surface area contributed by atoms with Crippen molar-refractivity contribution in [2.75, 3.05) is 0 Å². The Kier molecular flexibility index (Phi) is 6.15. The fourth-order valence-electron chi connectivity index (χ4n) is 4.55. The van der Waals surface area contributed by atoms with Crippen molar-refractivity contribution < 1.29 is 4.74 Å². The highest BCUT2D eigenvalue weighted by molar-refractivity contribution is 9.10. The van der Waals surface area contributed by atoms with Crippen molar-refractivity contribution in [1.29, 1.82) is 0 Å². The van der Waals surface area contributed by atoms with Gasteiger partial charge in [0, 0.05) is 9.35 Å². The summed E-state index contributed by atoms with van der Waals surface area (Å²) >= 11 is 5.23. The molecule has 176 valence electrons. The molecule has 0 saturated carbocycles. The van der Waals surface area contributed by atoms with Gasteiger partial charge in [0.1, 0.15) is 23.0 Å². The number of nitrogens with one attached hydrogen (secondary N) is 1. The Labute approximate surface area is 212 Å². The summed E-state index contributed by atoms with van der Waals surface area (Å²) < 4.78 is 7.13. The summed E-state index contributed by atoms with van der Waals surface area (Å²) in [6.07, 6.45) is 3.12. The molecule has 0 aliphatic heterocycles. The second kappa shape index (κ2) is 8.97. The van der Waals surface area contributed by atoms with E-state index >= 15 is 0 Å². The third kappa shape index (κ3) is 4.58. The highest BCUT2D eigenvalue weighted by atomic mass is 79.9. The Morgan fingerprint density at radius 2 is 1.94 bits per heavy atom. The van der Waals surface area contributed by atoms with Crippen molar-refractivity contribution in [3.8, 4) is 17.1 Å². The first-order valence-electron chi connectivity index (χ1n) is 11.8. The quantitative estimate of drug-likeness (QED) is 0.295. The fraction of sp³-hybridized carbons (Fsp3) is 0.357. The van der Waals surface area contributed by atoms with Crippen LogP contribution in [0.3, 0.4) is 0 Å². The Morgan fingerprint density at radius 1 is 1.18 bits per heavy atom. The van der Waals surface area contributed by atoms with Crippen LogP contribution in [0.4, 0.5) is 0 Å². The van der Waals surface area contributed by atoms with Crippen LogP contribution in [0, 0.1) is 5.92 Å². The number of nitrogens with zero attached hydrogens (tertiary/aromatic N) is 1. The van der Waals surface area contributed by atoms with Crippen LogP contribution < -0.4 is 10.3 Å². The third-order valence-electron chi connectivity index (χ3n) is 6.58. The van der Waals surface area contributed by atoms with E-state index in [1.165, 1.54) is 16.0 Å². The molecule has 1 unspecified atom stereocenters. The summed E-state index contributed by atoms with van der Waals surface area (Å²) in [5, 5.41) is 0.770. The lowest BCUT2D eigenvalue weighted by Gasteiger charge is -2.19. The Hall–Kier alpha value is -2.44. The number of H-pyrrole nitrogens is 1. The summed E-state index contributed by atoms with van der Waals surface area (Å²) in [5.41, 5.74) is 4.42. The third-order valence-corrected chi connectivity index (χ3v) is 8.22. The van der Waals surface area contributed by atoms with Crippen molar-refractivity contribution in [1.82, 2.24) is 9.97 Å². The van der Waals surface area contributed by atoms with Crippen LogP contribution in [0.15, 0.2) is 51.7 Å². The van der Waals surface area contributed by atoms with E-state index in [9.17, 15) is 4.79 Å². The van der Waals surface area contributed by atoms with Crippen LogP contribution in [0.1, 0.15) is 55.7 Å². The average molecular weight is 538 g/mol. The van der Waals surface area contributed by atoms with Gasteiger partial charge in [-0.2, -0.15) is 0 Å². The monoisotopic (exact) mass is 536 g/mol. The largest absolute Gasteiger partial charge is 0.488 e. The molecule has 2 heterocycles. The number of aryl methyl sites for hydroxylation is 1. The molecule has 0 bridgehead atoms. The molecule has 0 spiro atoms. The second-order valence-corrected chi connectivity index (χ2v) is 12.3. The minimum absolute atomic E-state index is 0.0595. The molecule has 4 aromatic rings. The van der Waals surface area contributed by atoms with Gasteiger partial charge in [-0.3, -0.25) is 4.79 Å². The van der Waals surface area contributed by atoms with Crippen molar-refractivity contribution in [3.63, 3.8) is 0 Å². The first-order valence-corrected chi connectivity index (χ1v) is 13.4. The van der Waals surface area contributed by atoms with Gasteiger partial charge in [-0.05, 0) is 65.5 Å². The minimum atomic E-state index is -0.0595. The molecule has 2 aromatic heterocycles. The Morgan fingerprint density at radius 3 is 2.68 bits per heavy atom. The van der Waals surface area contributed by atoms with E-state index in [-0.39, 0.29) is 11.0 Å². The lowest BCUT2D eigenvalue weighted by molar-refractivity contribution is 0.307. The van der Waals surface area contributed by atoms with E-state index in [2.05, 4.69) is 72.9 Å². The fourth-order valence-corrected chi connectivity index (χ4v) is 6.30. The maximum Gasteiger partial charge on any atom is 0.260 e. The molecule has 0 saturated heterocycles. The number of benzene rings is 2. The zero-order valence-corrected chi connectivity index (χ0v) is 22.4. The molecule has 1 aliphatic rings. The number of halogens is 1. The van der Waals surface area contributed by atoms with E-state index in [0.29, 0.717) is 24.1 Å². The average Bonchev–Trinajstić information content (AvgIpc) is 3.15. The van der Waals surface area contributed by atoms with Gasteiger partial charge in [-0.15, -0.1) is 11.3 Å². The molecule has 5 rings (SSSR count). The topological polar surface area (TPSA) is 55.0 Å². The summed E-state index contributed by atoms with van der Waals surface area (Å²) in [5.74, 6) is 1.89. The van der Waals surface area contributed by atoms with E-state index in [1.807, 2.05) is 18.2 Å². The number of rotatable bonds is 4. The van der Waals surface area contributed by atoms with Gasteiger partial charge < -0.3 is 9.72 Å². The van der Waals surface area contributed by atoms with Crippen molar-refractivity contribution in [3.05, 3.63) is 78.9 Å². The molecule has 1 N–H and O–H groups in total. The van der Waals surface area contributed by atoms with Crippen molar-refractivity contribution in [2.45, 2.75) is 59.0 Å². The van der Waals surface area contributed by atoms with Crippen LogP contribution in [0.25, 0.3) is 21.6 Å². The van der Waals surface area contributed by atoms with Gasteiger partial charge >= 0.3 is 0 Å². The predicted molar refractivity (Wildman–Crippen MR) is 144 cm³/mol. The zero-order valence-electron chi connectivity index (χ0n) is 20.0. The summed E-state index contributed by atoms with van der Waals surface area (Å²) in [4.78, 5) is 23.2. The number of ether oxygens (including phenoxy) is 1. The maximum absolute atomic E-state index is 13.1. The lowest BCUT2D eigenvalue weighted by Crippen LogP contribution is -2.13. The van der Waals surface area contributed by atoms with Gasteiger partial charge in [0.15, 0.2) is 0 Å². The zero-order chi connectivity index (χ0) is 24.0. The van der Waals surface area contributed by atoms with Crippen LogP contribution >= 0.6 is 27.3 Å². The molecule has 2 aromatic carbocycles. The van der Waals surface area contributed by atoms with E-state index in [1.54, 1.807) is 11.3 Å². The molecule has 1 aliphatic carbocycles. The molecular weight excluding hydrogens is 508 g/mol. The van der Waals surface area contributed by atoms with Crippen LogP contribution in [-0.2, 0) is 24.9 Å². The smallest absolute Gasteiger partial charge is 0.260 e. The normalized spacial score (nSPS) is 16.0. The van der Waals surface area contributed by atoms with E-state index < -0.39 is 0 Å². The van der Waals surface area contributed by atoms with Crippen LogP contribution in [0.5, 0.6) is 5.75 Å². The Bertz CT molecular complexity index is 1410. The number of thiophene rings is 1. The molecule has 1 atom stereocenters. The van der Waals surface area contributed by atoms with Crippen LogP contribution in [0.2, 0.25) is 0 Å².